The molecule has 0 aliphatic heterocycles. The van der Waals surface area contributed by atoms with Crippen LogP contribution < -0.4 is 27.6 Å². The predicted molar refractivity (Wildman–Crippen MR) is 105 cm³/mol. The molecule has 11 nitrogen and oxygen atoms in total. The van der Waals surface area contributed by atoms with Crippen molar-refractivity contribution in [3.63, 3.8) is 0 Å². The molecular formula is C18H23N9O2. The van der Waals surface area contributed by atoms with Crippen LogP contribution in [0, 0.1) is 0 Å². The second-order valence-electron chi connectivity index (χ2n) is 7.73. The molecule has 2 atom stereocenters. The molecule has 0 bridgehead atoms. The number of hydrogen-bond donors (Lipinski definition) is 5. The lowest BCUT2D eigenvalue weighted by Gasteiger charge is -2.29. The van der Waals surface area contributed by atoms with Gasteiger partial charge in [0.1, 0.15) is 5.69 Å². The molecule has 2 aliphatic rings. The maximum Gasteiger partial charge on any atom is 0.326 e. The van der Waals surface area contributed by atoms with Gasteiger partial charge in [0.25, 0.3) is 5.62 Å². The second kappa shape index (κ2) is 6.99. The third-order valence-electron chi connectivity index (χ3n) is 5.39. The molecule has 3 aromatic rings. The van der Waals surface area contributed by atoms with Crippen LogP contribution in [0.5, 0.6) is 5.88 Å². The van der Waals surface area contributed by atoms with Crippen molar-refractivity contribution in [2.75, 3.05) is 5.32 Å². The normalized spacial score (nSPS) is 23.8. The summed E-state index contributed by atoms with van der Waals surface area (Å²) in [6.07, 6.45) is 9.52. The van der Waals surface area contributed by atoms with Crippen molar-refractivity contribution < 1.29 is 5.11 Å². The fourth-order valence-electron chi connectivity index (χ4n) is 3.65. The first-order chi connectivity index (χ1) is 14.1. The minimum atomic E-state index is -0.488. The third kappa shape index (κ3) is 3.60. The van der Waals surface area contributed by atoms with Gasteiger partial charge in [-0.2, -0.15) is 19.6 Å². The smallest absolute Gasteiger partial charge is 0.326 e. The van der Waals surface area contributed by atoms with Crippen LogP contribution in [0.25, 0.3) is 11.7 Å². The van der Waals surface area contributed by atoms with Gasteiger partial charge in [-0.1, -0.05) is 12.8 Å². The molecule has 5 rings (SSSR count). The number of aromatic nitrogens is 6. The highest BCUT2D eigenvalue weighted by molar-refractivity contribution is 5.57. The Morgan fingerprint density at radius 3 is 2.79 bits per heavy atom. The summed E-state index contributed by atoms with van der Waals surface area (Å²) in [6.45, 7) is 0. The van der Waals surface area contributed by atoms with Crippen LogP contribution in [0.2, 0.25) is 0 Å². The van der Waals surface area contributed by atoms with Gasteiger partial charge >= 0.3 is 5.69 Å². The summed E-state index contributed by atoms with van der Waals surface area (Å²) in [4.78, 5) is 30.1. The Morgan fingerprint density at radius 2 is 2.07 bits per heavy atom. The Labute approximate surface area is 164 Å². The van der Waals surface area contributed by atoms with Crippen LogP contribution >= 0.6 is 0 Å². The second-order valence-corrected chi connectivity index (χ2v) is 7.73. The molecule has 29 heavy (non-hydrogen) atoms. The van der Waals surface area contributed by atoms with E-state index >= 15 is 0 Å². The molecule has 0 spiro atoms. The zero-order chi connectivity index (χ0) is 20.0. The number of nitrogens with zero attached hydrogens (tertiary/aromatic N) is 5. The third-order valence-corrected chi connectivity index (χ3v) is 5.39. The van der Waals surface area contributed by atoms with Gasteiger partial charge in [-0.25, -0.2) is 9.79 Å². The molecule has 0 aromatic carbocycles. The lowest BCUT2D eigenvalue weighted by atomic mass is 9.91. The fourth-order valence-corrected chi connectivity index (χ4v) is 3.65. The largest absolute Gasteiger partial charge is 0.493 e. The van der Waals surface area contributed by atoms with Gasteiger partial charge < -0.3 is 21.1 Å². The average molecular weight is 397 g/mol. The van der Waals surface area contributed by atoms with E-state index in [4.69, 9.17) is 5.73 Å². The van der Waals surface area contributed by atoms with E-state index in [2.05, 4.69) is 35.3 Å². The Hall–Kier alpha value is -3.21. The summed E-state index contributed by atoms with van der Waals surface area (Å²) in [5.41, 5.74) is 7.06. The Balaban J connectivity index is 1.63. The highest BCUT2D eigenvalue weighted by atomic mass is 16.3. The number of anilines is 1. The van der Waals surface area contributed by atoms with E-state index < -0.39 is 5.69 Å². The lowest BCUT2D eigenvalue weighted by Crippen LogP contribution is -2.43. The molecule has 3 heterocycles. The molecule has 152 valence electrons. The number of nitrogens with one attached hydrogen (secondary N) is 3. The zero-order valence-electron chi connectivity index (χ0n) is 15.8. The number of rotatable bonds is 4. The lowest BCUT2D eigenvalue weighted by molar-refractivity contribution is 0.402. The summed E-state index contributed by atoms with van der Waals surface area (Å²) in [6, 6.07) is 0.435. The number of aromatic hydroxyl groups is 1. The molecule has 0 unspecified atom stereocenters. The van der Waals surface area contributed by atoms with Crippen molar-refractivity contribution in [3.05, 3.63) is 33.2 Å². The molecule has 2 saturated carbocycles. The topological polar surface area (TPSA) is 162 Å². The van der Waals surface area contributed by atoms with Crippen LogP contribution in [-0.2, 0) is 0 Å². The number of fused-ring (bicyclic) bond motifs is 1. The van der Waals surface area contributed by atoms with Crippen LogP contribution in [0.4, 0.5) is 5.95 Å². The van der Waals surface area contributed by atoms with E-state index in [-0.39, 0.29) is 29.7 Å². The minimum Gasteiger partial charge on any atom is -0.493 e. The van der Waals surface area contributed by atoms with Crippen molar-refractivity contribution in [3.8, 4) is 5.88 Å². The molecular weight excluding hydrogens is 374 g/mol. The Bertz CT molecular complexity index is 1220. The summed E-state index contributed by atoms with van der Waals surface area (Å²) in [7, 11) is 0. The van der Waals surface area contributed by atoms with Crippen molar-refractivity contribution in [1.82, 2.24) is 29.5 Å². The number of imidazole rings is 1. The highest BCUT2D eigenvalue weighted by Gasteiger charge is 2.24. The van der Waals surface area contributed by atoms with Crippen molar-refractivity contribution in [2.45, 2.75) is 56.7 Å². The standard InChI is InChI=1S/C18H23N9O2/c19-11-3-1-2-4-12(11)22-16-24-14-9(7-13-15(28)25-18(29)23-13)8-20-27(14)17(26-16)21-10-5-6-10/h7-8,10-12,28H,1-6,19H2,(H,21,22,26)(H2,23,25,29)/b9-7+/t11-,12-/m1/s1. The quantitative estimate of drug-likeness (QED) is 0.382. The molecule has 0 amide bonds. The monoisotopic (exact) mass is 397 g/mol. The number of nitrogens with two attached hydrogens (primary N) is 1. The molecule has 0 radical (unpaired) electrons. The van der Waals surface area contributed by atoms with Crippen molar-refractivity contribution >= 4 is 17.7 Å². The minimum absolute atomic E-state index is 0.0604. The van der Waals surface area contributed by atoms with Crippen LogP contribution in [0.1, 0.15) is 44.2 Å². The fraction of sp³-hybridized carbons (Fsp3) is 0.500. The van der Waals surface area contributed by atoms with Crippen molar-refractivity contribution in [2.24, 2.45) is 10.7 Å². The van der Waals surface area contributed by atoms with Gasteiger partial charge in [0.05, 0.1) is 12.2 Å². The number of hydrogen-bond acceptors (Lipinski definition) is 8. The van der Waals surface area contributed by atoms with E-state index in [1.54, 1.807) is 16.8 Å². The van der Waals surface area contributed by atoms with Gasteiger partial charge in [-0.05, 0) is 31.8 Å². The van der Waals surface area contributed by atoms with Crippen molar-refractivity contribution in [1.29, 1.82) is 0 Å². The highest BCUT2D eigenvalue weighted by Crippen LogP contribution is 2.22. The van der Waals surface area contributed by atoms with E-state index in [1.165, 1.54) is 0 Å². The SMILES string of the molecule is N[C@@H]1CCCC[C@H]1Nc1nc(=NC2CC2)n2nc/c(=C\c3[nH]c(=O)[nH]c3O)c2n1. The van der Waals surface area contributed by atoms with E-state index in [9.17, 15) is 9.90 Å². The Kier molecular flexibility index (Phi) is 4.31. The molecule has 11 heteroatoms. The Morgan fingerprint density at radius 1 is 1.24 bits per heavy atom. The molecule has 6 N–H and O–H groups in total. The average Bonchev–Trinajstić information content (AvgIpc) is 3.33. The molecule has 2 aliphatic carbocycles. The predicted octanol–water partition coefficient (Wildman–Crippen LogP) is -0.861. The van der Waals surface area contributed by atoms with Gasteiger partial charge in [0.15, 0.2) is 5.65 Å². The summed E-state index contributed by atoms with van der Waals surface area (Å²) in [5.74, 6) is 0.221. The number of aromatic amines is 2. The van der Waals surface area contributed by atoms with E-state index in [0.29, 0.717) is 22.4 Å². The summed E-state index contributed by atoms with van der Waals surface area (Å²) in [5, 5.41) is 18.2. The molecule has 3 aromatic heterocycles. The maximum absolute atomic E-state index is 11.4. The molecule has 0 saturated heterocycles. The number of H-pyrrole nitrogens is 2. The first-order valence-electron chi connectivity index (χ1n) is 9.91. The summed E-state index contributed by atoms with van der Waals surface area (Å²) >= 11 is 0. The van der Waals surface area contributed by atoms with E-state index in [0.717, 1.165) is 38.5 Å². The first kappa shape index (κ1) is 17.9. The maximum atomic E-state index is 11.4. The zero-order valence-corrected chi connectivity index (χ0v) is 15.8. The van der Waals surface area contributed by atoms with Crippen LogP contribution in [0.3, 0.4) is 0 Å². The molecule has 2 fully saturated rings. The summed E-state index contributed by atoms with van der Waals surface area (Å²) < 4.78 is 1.58. The van der Waals surface area contributed by atoms with Gasteiger partial charge in [0, 0.05) is 17.3 Å². The van der Waals surface area contributed by atoms with Crippen LogP contribution in [0.15, 0.2) is 16.0 Å². The first-order valence-corrected chi connectivity index (χ1v) is 9.91. The van der Waals surface area contributed by atoms with Gasteiger partial charge in [0.2, 0.25) is 11.8 Å². The van der Waals surface area contributed by atoms with Gasteiger partial charge in [-0.15, -0.1) is 0 Å². The van der Waals surface area contributed by atoms with Crippen LogP contribution in [-0.4, -0.2) is 52.8 Å². The van der Waals surface area contributed by atoms with E-state index in [1.807, 2.05) is 0 Å². The van der Waals surface area contributed by atoms with Gasteiger partial charge in [-0.3, -0.25) is 4.98 Å².